The third kappa shape index (κ3) is 3.27. The molecule has 0 atom stereocenters. The van der Waals surface area contributed by atoms with E-state index in [1.807, 2.05) is 18.2 Å². The molecule has 3 rings (SSSR count). The van der Waals surface area contributed by atoms with E-state index >= 15 is 0 Å². The number of allylic oxidation sites excluding steroid dienone is 2. The number of ether oxygens (including phenoxy) is 2. The highest BCUT2D eigenvalue weighted by molar-refractivity contribution is 6.00. The number of rotatable bonds is 6. The SMILES string of the molecule is COc1cc2c(c(OC)c1CC=C(C)C)CN(Cc1ccco1)C2=O. The predicted molar refractivity (Wildman–Crippen MR) is 95.0 cm³/mol. The summed E-state index contributed by atoms with van der Waals surface area (Å²) in [5.41, 5.74) is 3.75. The van der Waals surface area contributed by atoms with Gasteiger partial charge in [0.2, 0.25) is 0 Å². The smallest absolute Gasteiger partial charge is 0.255 e. The molecular formula is C20H23NO4. The zero-order valence-electron chi connectivity index (χ0n) is 15.1. The molecule has 0 saturated carbocycles. The van der Waals surface area contributed by atoms with Gasteiger partial charge in [0.25, 0.3) is 5.91 Å². The molecule has 2 heterocycles. The fourth-order valence-electron chi connectivity index (χ4n) is 3.15. The van der Waals surface area contributed by atoms with Crippen LogP contribution in [0.2, 0.25) is 0 Å². The second kappa shape index (κ2) is 7.05. The molecule has 1 aliphatic rings. The molecular weight excluding hydrogens is 318 g/mol. The van der Waals surface area contributed by atoms with E-state index in [0.29, 0.717) is 30.8 Å². The Labute approximate surface area is 147 Å². The first-order valence-corrected chi connectivity index (χ1v) is 8.27. The van der Waals surface area contributed by atoms with Gasteiger partial charge in [-0.25, -0.2) is 0 Å². The number of carbonyl (C=O) groups is 1. The minimum absolute atomic E-state index is 0.0308. The lowest BCUT2D eigenvalue weighted by atomic mass is 10.00. The zero-order chi connectivity index (χ0) is 18.0. The van der Waals surface area contributed by atoms with Crippen LogP contribution in [0.5, 0.6) is 11.5 Å². The van der Waals surface area contributed by atoms with Crippen LogP contribution in [0.3, 0.4) is 0 Å². The largest absolute Gasteiger partial charge is 0.496 e. The van der Waals surface area contributed by atoms with E-state index in [4.69, 9.17) is 13.9 Å². The molecule has 0 bridgehead atoms. The Morgan fingerprint density at radius 1 is 1.32 bits per heavy atom. The van der Waals surface area contributed by atoms with E-state index in [1.165, 1.54) is 5.57 Å². The second-order valence-electron chi connectivity index (χ2n) is 6.34. The highest BCUT2D eigenvalue weighted by Crippen LogP contribution is 2.40. The van der Waals surface area contributed by atoms with Crippen molar-refractivity contribution in [2.45, 2.75) is 33.4 Å². The third-order valence-electron chi connectivity index (χ3n) is 4.38. The summed E-state index contributed by atoms with van der Waals surface area (Å²) in [5.74, 6) is 2.15. The van der Waals surface area contributed by atoms with Gasteiger partial charge in [-0.1, -0.05) is 11.6 Å². The summed E-state index contributed by atoms with van der Waals surface area (Å²) in [6.45, 7) is 5.06. The van der Waals surface area contributed by atoms with Gasteiger partial charge in [0, 0.05) is 11.1 Å². The highest BCUT2D eigenvalue weighted by atomic mass is 16.5. The fraction of sp³-hybridized carbons (Fsp3) is 0.350. The lowest BCUT2D eigenvalue weighted by molar-refractivity contribution is 0.0755. The first-order chi connectivity index (χ1) is 12.0. The molecule has 0 aliphatic carbocycles. The Balaban J connectivity index is 2.00. The molecule has 1 aliphatic heterocycles. The predicted octanol–water partition coefficient (Wildman–Crippen LogP) is 3.96. The van der Waals surface area contributed by atoms with Gasteiger partial charge in [0.05, 0.1) is 39.1 Å². The highest BCUT2D eigenvalue weighted by Gasteiger charge is 2.33. The molecule has 132 valence electrons. The molecule has 0 N–H and O–H groups in total. The molecule has 1 amide bonds. The molecule has 25 heavy (non-hydrogen) atoms. The van der Waals surface area contributed by atoms with Crippen LogP contribution >= 0.6 is 0 Å². The standard InChI is InChI=1S/C20H23NO4/c1-13(2)7-8-15-18(23-3)10-16-17(19(15)24-4)12-21(20(16)22)11-14-6-5-9-25-14/h5-7,9-10H,8,11-12H2,1-4H3. The van der Waals surface area contributed by atoms with Gasteiger partial charge in [0.1, 0.15) is 17.3 Å². The van der Waals surface area contributed by atoms with E-state index in [1.54, 1.807) is 25.4 Å². The van der Waals surface area contributed by atoms with Crippen molar-refractivity contribution in [3.05, 3.63) is 58.6 Å². The van der Waals surface area contributed by atoms with Gasteiger partial charge in [-0.15, -0.1) is 0 Å². The van der Waals surface area contributed by atoms with Crippen LogP contribution < -0.4 is 9.47 Å². The van der Waals surface area contributed by atoms with Crippen LogP contribution in [-0.2, 0) is 19.5 Å². The summed E-state index contributed by atoms with van der Waals surface area (Å²) in [6, 6.07) is 5.52. The number of fused-ring (bicyclic) bond motifs is 1. The quantitative estimate of drug-likeness (QED) is 0.746. The maximum Gasteiger partial charge on any atom is 0.255 e. The number of hydrogen-bond acceptors (Lipinski definition) is 4. The van der Waals surface area contributed by atoms with Crippen molar-refractivity contribution >= 4 is 5.91 Å². The number of furan rings is 1. The molecule has 5 nitrogen and oxygen atoms in total. The van der Waals surface area contributed by atoms with Gasteiger partial charge in [-0.05, 0) is 38.5 Å². The van der Waals surface area contributed by atoms with Gasteiger partial charge in [-0.3, -0.25) is 4.79 Å². The second-order valence-corrected chi connectivity index (χ2v) is 6.34. The van der Waals surface area contributed by atoms with Crippen LogP contribution in [-0.4, -0.2) is 25.0 Å². The summed E-state index contributed by atoms with van der Waals surface area (Å²) < 4.78 is 16.6. The van der Waals surface area contributed by atoms with Crippen LogP contribution in [0.25, 0.3) is 0 Å². The minimum Gasteiger partial charge on any atom is -0.496 e. The first kappa shape index (κ1) is 17.1. The molecule has 0 unspecified atom stereocenters. The maximum absolute atomic E-state index is 12.8. The summed E-state index contributed by atoms with van der Waals surface area (Å²) in [5, 5.41) is 0. The van der Waals surface area contributed by atoms with Gasteiger partial charge >= 0.3 is 0 Å². The molecule has 1 aromatic heterocycles. The number of methoxy groups -OCH3 is 2. The summed E-state index contributed by atoms with van der Waals surface area (Å²) >= 11 is 0. The van der Waals surface area contributed by atoms with Crippen LogP contribution in [0.4, 0.5) is 0 Å². The van der Waals surface area contributed by atoms with Gasteiger partial charge in [-0.2, -0.15) is 0 Å². The number of carbonyl (C=O) groups excluding carboxylic acids is 1. The normalized spacial score (nSPS) is 13.0. The molecule has 1 aromatic carbocycles. The van der Waals surface area contributed by atoms with E-state index in [-0.39, 0.29) is 5.91 Å². The Kier molecular flexibility index (Phi) is 4.83. The average molecular weight is 341 g/mol. The van der Waals surface area contributed by atoms with Gasteiger partial charge < -0.3 is 18.8 Å². The lowest BCUT2D eigenvalue weighted by Crippen LogP contribution is -2.22. The van der Waals surface area contributed by atoms with Crippen molar-refractivity contribution in [1.82, 2.24) is 4.90 Å². The zero-order valence-corrected chi connectivity index (χ0v) is 15.1. The summed E-state index contributed by atoms with van der Waals surface area (Å²) in [4.78, 5) is 14.6. The Morgan fingerprint density at radius 2 is 2.12 bits per heavy atom. The van der Waals surface area contributed by atoms with Crippen molar-refractivity contribution in [1.29, 1.82) is 0 Å². The Morgan fingerprint density at radius 3 is 2.72 bits per heavy atom. The topological polar surface area (TPSA) is 51.9 Å². The molecule has 0 spiro atoms. The Bertz CT molecular complexity index is 802. The fourth-order valence-corrected chi connectivity index (χ4v) is 3.15. The van der Waals surface area contributed by atoms with E-state index in [2.05, 4.69) is 19.9 Å². The van der Waals surface area contributed by atoms with Crippen molar-refractivity contribution in [2.75, 3.05) is 14.2 Å². The van der Waals surface area contributed by atoms with Gasteiger partial charge in [0.15, 0.2) is 0 Å². The molecule has 0 saturated heterocycles. The average Bonchev–Trinajstić information content (AvgIpc) is 3.21. The summed E-state index contributed by atoms with van der Waals surface area (Å²) in [6.07, 6.45) is 4.45. The van der Waals surface area contributed by atoms with Crippen molar-refractivity contribution in [2.24, 2.45) is 0 Å². The van der Waals surface area contributed by atoms with E-state index < -0.39 is 0 Å². The Hall–Kier alpha value is -2.69. The molecule has 0 fully saturated rings. The summed E-state index contributed by atoms with van der Waals surface area (Å²) in [7, 11) is 3.26. The number of amides is 1. The molecule has 0 radical (unpaired) electrons. The number of hydrogen-bond donors (Lipinski definition) is 0. The number of benzene rings is 1. The third-order valence-corrected chi connectivity index (χ3v) is 4.38. The van der Waals surface area contributed by atoms with E-state index in [0.717, 1.165) is 22.6 Å². The minimum atomic E-state index is -0.0308. The monoisotopic (exact) mass is 341 g/mol. The van der Waals surface area contributed by atoms with Crippen LogP contribution in [0.15, 0.2) is 40.5 Å². The lowest BCUT2D eigenvalue weighted by Gasteiger charge is -2.16. The van der Waals surface area contributed by atoms with Crippen LogP contribution in [0.1, 0.15) is 41.1 Å². The molecule has 2 aromatic rings. The van der Waals surface area contributed by atoms with Crippen molar-refractivity contribution < 1.29 is 18.7 Å². The molecule has 5 heteroatoms. The van der Waals surface area contributed by atoms with E-state index in [9.17, 15) is 4.79 Å². The first-order valence-electron chi connectivity index (χ1n) is 8.27. The number of nitrogens with zero attached hydrogens (tertiary/aromatic N) is 1. The van der Waals surface area contributed by atoms with Crippen molar-refractivity contribution in [3.63, 3.8) is 0 Å². The maximum atomic E-state index is 12.8. The van der Waals surface area contributed by atoms with Crippen LogP contribution in [0, 0.1) is 0 Å². The van der Waals surface area contributed by atoms with Crippen molar-refractivity contribution in [3.8, 4) is 11.5 Å².